The van der Waals surface area contributed by atoms with Gasteiger partial charge in [-0.15, -0.1) is 11.8 Å². The Morgan fingerprint density at radius 2 is 2.06 bits per heavy atom. The van der Waals surface area contributed by atoms with Crippen LogP contribution in [0.2, 0.25) is 5.02 Å². The van der Waals surface area contributed by atoms with Crippen LogP contribution < -0.4 is 10.9 Å². The number of carbonyl (C=O) groups is 1. The summed E-state index contributed by atoms with van der Waals surface area (Å²) in [6, 6.07) is 4.38. The van der Waals surface area contributed by atoms with Crippen LogP contribution in [0.25, 0.3) is 16.9 Å². The Hall–Kier alpha value is -2.45. The topological polar surface area (TPSA) is 88.6 Å². The fraction of sp³-hybridized carbons (Fsp3) is 0.409. The molecule has 3 aromatic rings. The van der Waals surface area contributed by atoms with E-state index in [0.29, 0.717) is 22.4 Å². The quantitative estimate of drug-likeness (QED) is 0.592. The molecule has 31 heavy (non-hydrogen) atoms. The zero-order valence-electron chi connectivity index (χ0n) is 17.5. The van der Waals surface area contributed by atoms with E-state index in [-0.39, 0.29) is 11.1 Å². The number of carboxylic acid groups (broad SMARTS) is 1. The summed E-state index contributed by atoms with van der Waals surface area (Å²) in [5.74, 6) is 0.476. The van der Waals surface area contributed by atoms with Gasteiger partial charge in [-0.3, -0.25) is 13.8 Å². The van der Waals surface area contributed by atoms with Crippen molar-refractivity contribution in [1.82, 2.24) is 14.0 Å². The minimum atomic E-state index is -0.972. The minimum absolute atomic E-state index is 0.248. The first-order chi connectivity index (χ1) is 14.6. The van der Waals surface area contributed by atoms with Gasteiger partial charge < -0.3 is 10.4 Å². The summed E-state index contributed by atoms with van der Waals surface area (Å²) >= 11 is 7.72. The smallest absolute Gasteiger partial charge is 0.327 e. The highest BCUT2D eigenvalue weighted by Crippen LogP contribution is 2.51. The number of rotatable bonds is 4. The van der Waals surface area contributed by atoms with Crippen molar-refractivity contribution >= 4 is 40.8 Å². The first-order valence-corrected chi connectivity index (χ1v) is 11.6. The van der Waals surface area contributed by atoms with Crippen molar-refractivity contribution in [2.24, 2.45) is 0 Å². The molecule has 1 aliphatic heterocycles. The lowest BCUT2D eigenvalue weighted by Crippen LogP contribution is -2.29. The number of fused-ring (bicyclic) bond motifs is 2. The highest BCUT2D eigenvalue weighted by atomic mass is 35.5. The van der Waals surface area contributed by atoms with Gasteiger partial charge in [0.25, 0.3) is 5.56 Å². The first kappa shape index (κ1) is 20.5. The molecule has 2 N–H and O–H groups in total. The third-order valence-corrected chi connectivity index (χ3v) is 6.93. The molecule has 162 valence electrons. The van der Waals surface area contributed by atoms with Gasteiger partial charge in [0.15, 0.2) is 0 Å². The Morgan fingerprint density at radius 1 is 1.32 bits per heavy atom. The van der Waals surface area contributed by atoms with Crippen molar-refractivity contribution in [1.29, 1.82) is 0 Å². The molecule has 0 aromatic carbocycles. The first-order valence-electron chi connectivity index (χ1n) is 10.3. The summed E-state index contributed by atoms with van der Waals surface area (Å²) in [6.45, 7) is 6.19. The molecule has 1 saturated carbocycles. The molecule has 9 heteroatoms. The molecule has 5 rings (SSSR count). The van der Waals surface area contributed by atoms with Gasteiger partial charge in [0.2, 0.25) is 0 Å². The van der Waals surface area contributed by atoms with Gasteiger partial charge in [0.05, 0.1) is 10.0 Å². The van der Waals surface area contributed by atoms with Crippen molar-refractivity contribution in [3.05, 3.63) is 45.3 Å². The van der Waals surface area contributed by atoms with E-state index in [4.69, 9.17) is 16.6 Å². The predicted molar refractivity (Wildman–Crippen MR) is 123 cm³/mol. The number of nitrogens with one attached hydrogen (secondary N) is 1. The van der Waals surface area contributed by atoms with Crippen LogP contribution in [-0.2, 0) is 4.79 Å². The number of aromatic nitrogens is 3. The highest BCUT2D eigenvalue weighted by Gasteiger charge is 2.39. The Kier molecular flexibility index (Phi) is 4.64. The van der Waals surface area contributed by atoms with Crippen molar-refractivity contribution in [3.8, 4) is 11.3 Å². The molecule has 0 bridgehead atoms. The van der Waals surface area contributed by atoms with E-state index >= 15 is 0 Å². The molecule has 1 aliphatic carbocycles. The number of anilines is 1. The largest absolute Gasteiger partial charge is 0.480 e. The molecule has 0 amide bonds. The SMILES string of the molecule is CC(C)(C)Nc1c(-c2cc(=O)n3c(c2C2CC2)SCC3C(=O)O)nc2ccc(Cl)cn12. The van der Waals surface area contributed by atoms with E-state index in [1.165, 1.54) is 16.3 Å². The van der Waals surface area contributed by atoms with Crippen LogP contribution in [0.1, 0.15) is 51.1 Å². The number of pyridine rings is 2. The molecule has 0 radical (unpaired) electrons. The Balaban J connectivity index is 1.80. The second kappa shape index (κ2) is 7.03. The molecule has 0 saturated heterocycles. The molecule has 4 heterocycles. The average Bonchev–Trinajstić information content (AvgIpc) is 3.31. The summed E-state index contributed by atoms with van der Waals surface area (Å²) in [7, 11) is 0. The highest BCUT2D eigenvalue weighted by molar-refractivity contribution is 7.99. The number of carboxylic acids is 1. The number of aliphatic carboxylic acids is 1. The van der Waals surface area contributed by atoms with E-state index in [1.807, 2.05) is 16.7 Å². The number of thioether (sulfide) groups is 1. The number of hydrogen-bond acceptors (Lipinski definition) is 5. The van der Waals surface area contributed by atoms with Gasteiger partial charge in [0.1, 0.15) is 23.2 Å². The van der Waals surface area contributed by atoms with Crippen LogP contribution in [0, 0.1) is 0 Å². The number of hydrogen-bond donors (Lipinski definition) is 2. The van der Waals surface area contributed by atoms with Crippen molar-refractivity contribution in [2.75, 3.05) is 11.1 Å². The van der Waals surface area contributed by atoms with Crippen LogP contribution >= 0.6 is 23.4 Å². The average molecular weight is 459 g/mol. The van der Waals surface area contributed by atoms with Gasteiger partial charge in [-0.05, 0) is 57.2 Å². The fourth-order valence-corrected chi connectivity index (χ4v) is 5.67. The number of imidazole rings is 1. The van der Waals surface area contributed by atoms with Gasteiger partial charge >= 0.3 is 5.97 Å². The number of halogens is 1. The maximum atomic E-state index is 13.1. The summed E-state index contributed by atoms with van der Waals surface area (Å²) in [5.41, 5.74) is 2.69. The molecule has 1 unspecified atom stereocenters. The van der Waals surface area contributed by atoms with E-state index in [2.05, 4.69) is 26.1 Å². The van der Waals surface area contributed by atoms with Crippen LogP contribution in [-0.4, -0.2) is 36.3 Å². The van der Waals surface area contributed by atoms with E-state index in [0.717, 1.165) is 40.5 Å². The summed E-state index contributed by atoms with van der Waals surface area (Å²) in [4.78, 5) is 29.7. The van der Waals surface area contributed by atoms with Crippen LogP contribution in [0.15, 0.2) is 34.2 Å². The third kappa shape index (κ3) is 3.51. The normalized spacial score (nSPS) is 18.4. The Bertz CT molecular complexity index is 1290. The summed E-state index contributed by atoms with van der Waals surface area (Å²) in [6.07, 6.45) is 3.86. The van der Waals surface area contributed by atoms with Crippen molar-refractivity contribution in [2.45, 2.75) is 56.1 Å². The standard InChI is InChI=1S/C22H23ClN4O3S/c1-22(2,3)25-19-18(24-15-7-6-12(23)9-26(15)19)13-8-16(28)27-14(21(29)30)10-31-20(27)17(13)11-4-5-11/h6-9,11,14,25H,4-5,10H2,1-3H3,(H,29,30). The van der Waals surface area contributed by atoms with Crippen LogP contribution in [0.5, 0.6) is 0 Å². The molecular weight excluding hydrogens is 436 g/mol. The predicted octanol–water partition coefficient (Wildman–Crippen LogP) is 4.64. The van der Waals surface area contributed by atoms with E-state index < -0.39 is 12.0 Å². The molecule has 1 fully saturated rings. The maximum Gasteiger partial charge on any atom is 0.327 e. The minimum Gasteiger partial charge on any atom is -0.480 e. The monoisotopic (exact) mass is 458 g/mol. The van der Waals surface area contributed by atoms with Gasteiger partial charge in [-0.2, -0.15) is 0 Å². The van der Waals surface area contributed by atoms with Gasteiger partial charge in [-0.1, -0.05) is 11.6 Å². The van der Waals surface area contributed by atoms with Crippen molar-refractivity contribution < 1.29 is 9.90 Å². The van der Waals surface area contributed by atoms with Gasteiger partial charge in [0, 0.05) is 29.1 Å². The lowest BCUT2D eigenvalue weighted by molar-refractivity contribution is -0.140. The molecule has 7 nitrogen and oxygen atoms in total. The van der Waals surface area contributed by atoms with Crippen LogP contribution in [0.4, 0.5) is 5.82 Å². The van der Waals surface area contributed by atoms with Crippen molar-refractivity contribution in [3.63, 3.8) is 0 Å². The molecule has 3 aromatic heterocycles. The molecular formula is C22H23ClN4O3S. The third-order valence-electron chi connectivity index (χ3n) is 5.54. The second-order valence-corrected chi connectivity index (χ2v) is 10.6. The summed E-state index contributed by atoms with van der Waals surface area (Å²) < 4.78 is 3.37. The maximum absolute atomic E-state index is 13.1. The lowest BCUT2D eigenvalue weighted by atomic mass is 10.0. The second-order valence-electron chi connectivity index (χ2n) is 9.18. The number of nitrogens with zero attached hydrogens (tertiary/aromatic N) is 3. The molecule has 0 spiro atoms. The zero-order chi connectivity index (χ0) is 22.1. The van der Waals surface area contributed by atoms with E-state index in [9.17, 15) is 14.7 Å². The van der Waals surface area contributed by atoms with E-state index in [1.54, 1.807) is 12.1 Å². The Morgan fingerprint density at radius 3 is 2.71 bits per heavy atom. The zero-order valence-corrected chi connectivity index (χ0v) is 19.0. The van der Waals surface area contributed by atoms with Gasteiger partial charge in [-0.25, -0.2) is 9.78 Å². The molecule has 1 atom stereocenters. The Labute approximate surface area is 188 Å². The lowest BCUT2D eigenvalue weighted by Gasteiger charge is -2.23. The molecule has 2 aliphatic rings. The van der Waals surface area contributed by atoms with Crippen LogP contribution in [0.3, 0.4) is 0 Å². The fourth-order valence-electron chi connectivity index (χ4n) is 4.12. The summed E-state index contributed by atoms with van der Waals surface area (Å²) in [5, 5.41) is 14.5.